The zero-order valence-corrected chi connectivity index (χ0v) is 11.3. The van der Waals surface area contributed by atoms with Crippen molar-refractivity contribution in [1.82, 2.24) is 9.97 Å². The molecule has 8 nitrogen and oxygen atoms in total. The number of aromatic amines is 2. The van der Waals surface area contributed by atoms with Crippen molar-refractivity contribution in [2.45, 2.75) is 13.3 Å². The van der Waals surface area contributed by atoms with E-state index in [1.165, 1.54) is 6.92 Å². The molecule has 2 rings (SSSR count). The summed E-state index contributed by atoms with van der Waals surface area (Å²) in [5.41, 5.74) is -1.31. The summed E-state index contributed by atoms with van der Waals surface area (Å²) >= 11 is 0. The molecule has 2 N–H and O–H groups in total. The van der Waals surface area contributed by atoms with E-state index >= 15 is 0 Å². The molecule has 10 heteroatoms. The van der Waals surface area contributed by atoms with E-state index in [1.807, 2.05) is 4.98 Å². The average molecular weight is 305 g/mol. The summed E-state index contributed by atoms with van der Waals surface area (Å²) in [6.07, 6.45) is -0.166. The highest BCUT2D eigenvalue weighted by Gasteiger charge is 2.35. The van der Waals surface area contributed by atoms with Gasteiger partial charge in [0.05, 0.1) is 5.75 Å². The van der Waals surface area contributed by atoms with Gasteiger partial charge in [-0.15, -0.1) is 3.89 Å². The van der Waals surface area contributed by atoms with Crippen molar-refractivity contribution in [2.24, 2.45) is 5.92 Å². The average Bonchev–Trinajstić information content (AvgIpc) is 2.55. The van der Waals surface area contributed by atoms with Crippen molar-refractivity contribution in [3.05, 3.63) is 26.5 Å². The van der Waals surface area contributed by atoms with Crippen LogP contribution in [0.2, 0.25) is 0 Å². The van der Waals surface area contributed by atoms with Gasteiger partial charge in [0.25, 0.3) is 5.56 Å². The van der Waals surface area contributed by atoms with Gasteiger partial charge in [-0.1, -0.05) is 0 Å². The van der Waals surface area contributed by atoms with E-state index in [1.54, 1.807) is 0 Å². The SMILES string of the molecule is Cc1[nH]c(=O)[nH]c(=O)c1N1CC(CS(=O)(=O)F)CC1=O. The molecule has 1 fully saturated rings. The number of rotatable bonds is 3. The predicted molar refractivity (Wildman–Crippen MR) is 67.8 cm³/mol. The molecular weight excluding hydrogens is 293 g/mol. The van der Waals surface area contributed by atoms with E-state index in [0.717, 1.165) is 4.90 Å². The van der Waals surface area contributed by atoms with Crippen LogP contribution in [0.1, 0.15) is 12.1 Å². The van der Waals surface area contributed by atoms with E-state index in [0.29, 0.717) is 0 Å². The lowest BCUT2D eigenvalue weighted by atomic mass is 10.1. The molecule has 1 unspecified atom stereocenters. The molecule has 1 aromatic rings. The van der Waals surface area contributed by atoms with Gasteiger partial charge >= 0.3 is 15.9 Å². The molecule has 1 saturated heterocycles. The number of anilines is 1. The number of hydrogen-bond acceptors (Lipinski definition) is 5. The van der Waals surface area contributed by atoms with Gasteiger partial charge in [0.1, 0.15) is 5.69 Å². The zero-order chi connectivity index (χ0) is 15.1. The molecule has 0 radical (unpaired) electrons. The third-order valence-corrected chi connectivity index (χ3v) is 3.88. The molecule has 1 atom stereocenters. The Kier molecular flexibility index (Phi) is 3.50. The molecule has 1 aliphatic rings. The molecule has 0 bridgehead atoms. The first kappa shape index (κ1) is 14.4. The maximum Gasteiger partial charge on any atom is 0.326 e. The van der Waals surface area contributed by atoms with Crippen molar-refractivity contribution >= 4 is 21.8 Å². The third kappa shape index (κ3) is 2.95. The van der Waals surface area contributed by atoms with Gasteiger partial charge in [0, 0.05) is 24.6 Å². The quantitative estimate of drug-likeness (QED) is 0.696. The first-order valence-corrected chi connectivity index (χ1v) is 7.28. The monoisotopic (exact) mass is 305 g/mol. The van der Waals surface area contributed by atoms with Crippen LogP contribution < -0.4 is 16.1 Å². The van der Waals surface area contributed by atoms with Crippen LogP contribution in [0.15, 0.2) is 9.59 Å². The molecule has 0 saturated carbocycles. The molecule has 0 spiro atoms. The minimum absolute atomic E-state index is 0.0478. The highest BCUT2D eigenvalue weighted by molar-refractivity contribution is 7.86. The number of hydrogen-bond donors (Lipinski definition) is 2. The molecule has 1 aliphatic heterocycles. The van der Waals surface area contributed by atoms with Crippen LogP contribution in [0.5, 0.6) is 0 Å². The van der Waals surface area contributed by atoms with E-state index < -0.39 is 39.1 Å². The number of aromatic nitrogens is 2. The molecule has 0 aromatic carbocycles. The molecule has 1 aromatic heterocycles. The fourth-order valence-electron chi connectivity index (χ4n) is 2.31. The Balaban J connectivity index is 2.34. The maximum atomic E-state index is 12.6. The van der Waals surface area contributed by atoms with Crippen LogP contribution in [-0.4, -0.2) is 36.6 Å². The number of nitrogens with one attached hydrogen (secondary N) is 2. The van der Waals surface area contributed by atoms with E-state index in [-0.39, 0.29) is 24.3 Å². The number of amides is 1. The number of carbonyl (C=O) groups is 1. The molecule has 2 heterocycles. The smallest absolute Gasteiger partial charge is 0.309 e. The summed E-state index contributed by atoms with van der Waals surface area (Å²) in [6.45, 7) is 1.36. The summed E-state index contributed by atoms with van der Waals surface area (Å²) in [5, 5.41) is 0. The highest BCUT2D eigenvalue weighted by Crippen LogP contribution is 2.25. The van der Waals surface area contributed by atoms with Crippen LogP contribution >= 0.6 is 0 Å². The Hall–Kier alpha value is -1.97. The Bertz CT molecular complexity index is 766. The second-order valence-electron chi connectivity index (χ2n) is 4.66. The van der Waals surface area contributed by atoms with Gasteiger partial charge in [0.2, 0.25) is 5.91 Å². The van der Waals surface area contributed by atoms with Crippen LogP contribution in [0.3, 0.4) is 0 Å². The number of nitrogens with zero attached hydrogens (tertiary/aromatic N) is 1. The lowest BCUT2D eigenvalue weighted by molar-refractivity contribution is -0.117. The normalized spacial score (nSPS) is 19.6. The van der Waals surface area contributed by atoms with E-state index in [9.17, 15) is 26.7 Å². The minimum Gasteiger partial charge on any atom is -0.309 e. The van der Waals surface area contributed by atoms with Crippen molar-refractivity contribution in [3.8, 4) is 0 Å². The number of carbonyl (C=O) groups excluding carboxylic acids is 1. The fourth-order valence-corrected chi connectivity index (χ4v) is 3.10. The lowest BCUT2D eigenvalue weighted by Crippen LogP contribution is -2.35. The minimum atomic E-state index is -4.69. The number of aryl methyl sites for hydroxylation is 1. The second kappa shape index (κ2) is 4.85. The van der Waals surface area contributed by atoms with E-state index in [4.69, 9.17) is 0 Å². The molecule has 20 heavy (non-hydrogen) atoms. The van der Waals surface area contributed by atoms with Gasteiger partial charge in [-0.2, -0.15) is 8.42 Å². The van der Waals surface area contributed by atoms with Gasteiger partial charge in [-0.25, -0.2) is 4.79 Å². The van der Waals surface area contributed by atoms with Gasteiger partial charge in [-0.3, -0.25) is 14.6 Å². The maximum absolute atomic E-state index is 12.6. The third-order valence-electron chi connectivity index (χ3n) is 3.01. The first-order chi connectivity index (χ1) is 9.17. The first-order valence-electron chi connectivity index (χ1n) is 5.73. The summed E-state index contributed by atoms with van der Waals surface area (Å²) in [7, 11) is -4.69. The van der Waals surface area contributed by atoms with Crippen molar-refractivity contribution in [1.29, 1.82) is 0 Å². The summed E-state index contributed by atoms with van der Waals surface area (Å²) in [4.78, 5) is 40.0. The van der Waals surface area contributed by atoms with Gasteiger partial charge in [0.15, 0.2) is 0 Å². The fraction of sp³-hybridized carbons (Fsp3) is 0.500. The predicted octanol–water partition coefficient (Wildman–Crippen LogP) is -0.976. The van der Waals surface area contributed by atoms with Crippen LogP contribution in [-0.2, 0) is 15.0 Å². The lowest BCUT2D eigenvalue weighted by Gasteiger charge is -2.17. The van der Waals surface area contributed by atoms with Crippen LogP contribution in [0.4, 0.5) is 9.57 Å². The standard InChI is InChI=1S/C10H12FN3O5S/c1-5-8(9(16)13-10(17)12-5)14-3-6(2-7(14)15)4-20(11,18)19/h6H,2-4H2,1H3,(H2,12,13,16,17). The zero-order valence-electron chi connectivity index (χ0n) is 10.5. The van der Waals surface area contributed by atoms with Crippen molar-refractivity contribution < 1.29 is 17.1 Å². The molecule has 0 aliphatic carbocycles. The summed E-state index contributed by atoms with van der Waals surface area (Å²) in [6, 6.07) is 0. The summed E-state index contributed by atoms with van der Waals surface area (Å²) in [5.74, 6) is -1.97. The Labute approximate surface area is 112 Å². The van der Waals surface area contributed by atoms with Gasteiger partial charge < -0.3 is 9.88 Å². The van der Waals surface area contributed by atoms with Crippen molar-refractivity contribution in [2.75, 3.05) is 17.2 Å². The number of H-pyrrole nitrogens is 2. The van der Waals surface area contributed by atoms with Crippen LogP contribution in [0, 0.1) is 12.8 Å². The van der Waals surface area contributed by atoms with Crippen LogP contribution in [0.25, 0.3) is 0 Å². The Morgan fingerprint density at radius 1 is 1.30 bits per heavy atom. The molecular formula is C10H12FN3O5S. The number of halogens is 1. The highest BCUT2D eigenvalue weighted by atomic mass is 32.3. The molecule has 110 valence electrons. The Morgan fingerprint density at radius 2 is 1.95 bits per heavy atom. The Morgan fingerprint density at radius 3 is 2.50 bits per heavy atom. The van der Waals surface area contributed by atoms with E-state index in [2.05, 4.69) is 4.98 Å². The largest absolute Gasteiger partial charge is 0.326 e. The summed E-state index contributed by atoms with van der Waals surface area (Å²) < 4.78 is 33.8. The molecule has 1 amide bonds. The topological polar surface area (TPSA) is 120 Å². The van der Waals surface area contributed by atoms with Gasteiger partial charge in [-0.05, 0) is 6.92 Å². The second-order valence-corrected chi connectivity index (χ2v) is 6.07. The van der Waals surface area contributed by atoms with Crippen molar-refractivity contribution in [3.63, 3.8) is 0 Å².